The summed E-state index contributed by atoms with van der Waals surface area (Å²) >= 11 is 2.00. The fourth-order valence-corrected chi connectivity index (χ4v) is 2.05. The Morgan fingerprint density at radius 1 is 1.29 bits per heavy atom. The lowest BCUT2D eigenvalue weighted by atomic mass is 10.2. The molecule has 0 spiro atoms. The Morgan fingerprint density at radius 3 is 2.76 bits per heavy atom. The van der Waals surface area contributed by atoms with E-state index in [1.807, 2.05) is 42.5 Å². The van der Waals surface area contributed by atoms with E-state index in [1.54, 1.807) is 23.2 Å². The van der Waals surface area contributed by atoms with Crippen molar-refractivity contribution in [2.24, 2.45) is 0 Å². The van der Waals surface area contributed by atoms with Crippen LogP contribution in [0.15, 0.2) is 29.5 Å². The molecule has 0 atom stereocenters. The smallest absolute Gasteiger partial charge is 0.267 e. The maximum atomic E-state index is 12.0. The van der Waals surface area contributed by atoms with Crippen LogP contribution >= 0.6 is 22.6 Å². The van der Waals surface area contributed by atoms with Crippen LogP contribution in [0.5, 0.6) is 0 Å². The van der Waals surface area contributed by atoms with Crippen molar-refractivity contribution in [2.75, 3.05) is 0 Å². The third kappa shape index (κ3) is 2.71. The van der Waals surface area contributed by atoms with Crippen molar-refractivity contribution >= 4 is 22.6 Å². The zero-order chi connectivity index (χ0) is 12.4. The second-order valence-corrected chi connectivity index (χ2v) is 5.08. The van der Waals surface area contributed by atoms with Crippen LogP contribution in [0.4, 0.5) is 0 Å². The van der Waals surface area contributed by atoms with Crippen molar-refractivity contribution < 1.29 is 0 Å². The lowest BCUT2D eigenvalue weighted by Gasteiger charge is -2.09. The molecule has 0 aliphatic rings. The number of nitrogens with zero attached hydrogens (tertiary/aromatic N) is 3. The average molecular weight is 341 g/mol. The highest BCUT2D eigenvalue weighted by atomic mass is 127. The molecule has 17 heavy (non-hydrogen) atoms. The number of hydrogen-bond acceptors (Lipinski definition) is 3. The van der Waals surface area contributed by atoms with E-state index in [4.69, 9.17) is 0 Å². The molecule has 0 N–H and O–H groups in total. The van der Waals surface area contributed by atoms with E-state index in [9.17, 15) is 4.79 Å². The van der Waals surface area contributed by atoms with E-state index in [0.717, 1.165) is 17.0 Å². The highest BCUT2D eigenvalue weighted by Crippen LogP contribution is 2.05. The molecule has 0 saturated carbocycles. The molecule has 2 aromatic heterocycles. The van der Waals surface area contributed by atoms with Crippen LogP contribution in [0.25, 0.3) is 0 Å². The van der Waals surface area contributed by atoms with Gasteiger partial charge in [-0.25, -0.2) is 4.98 Å². The summed E-state index contributed by atoms with van der Waals surface area (Å²) in [6, 6.07) is 2.03. The number of aromatic nitrogens is 3. The molecule has 0 aliphatic carbocycles. The Labute approximate surface area is 113 Å². The Bertz CT molecular complexity index is 607. The van der Waals surface area contributed by atoms with E-state index >= 15 is 0 Å². The van der Waals surface area contributed by atoms with Crippen molar-refractivity contribution in [3.05, 3.63) is 55.5 Å². The van der Waals surface area contributed by atoms with E-state index in [0.29, 0.717) is 10.1 Å². The monoisotopic (exact) mass is 341 g/mol. The van der Waals surface area contributed by atoms with E-state index < -0.39 is 0 Å². The van der Waals surface area contributed by atoms with Crippen LogP contribution in [0, 0.1) is 17.4 Å². The first-order chi connectivity index (χ1) is 8.08. The highest BCUT2D eigenvalue weighted by molar-refractivity contribution is 14.1. The average Bonchev–Trinajstić information content (AvgIpc) is 2.30. The maximum Gasteiger partial charge on any atom is 0.267 e. The van der Waals surface area contributed by atoms with Crippen LogP contribution in [-0.2, 0) is 6.54 Å². The minimum absolute atomic E-state index is 0.000365. The predicted molar refractivity (Wildman–Crippen MR) is 74.0 cm³/mol. The summed E-state index contributed by atoms with van der Waals surface area (Å²) in [6.45, 7) is 4.34. The summed E-state index contributed by atoms with van der Waals surface area (Å²) in [6.07, 6.45) is 5.17. The minimum Gasteiger partial charge on any atom is -0.291 e. The van der Waals surface area contributed by atoms with Gasteiger partial charge in [-0.05, 0) is 47.6 Å². The Morgan fingerprint density at radius 2 is 2.06 bits per heavy atom. The normalized spacial score (nSPS) is 10.5. The SMILES string of the molecule is Cc1cncc(Cn2c(C)ncc(I)c2=O)c1. The summed E-state index contributed by atoms with van der Waals surface area (Å²) in [5.74, 6) is 0.719. The van der Waals surface area contributed by atoms with Crippen molar-refractivity contribution in [1.82, 2.24) is 14.5 Å². The third-order valence-corrected chi connectivity index (χ3v) is 3.22. The maximum absolute atomic E-state index is 12.0. The lowest BCUT2D eigenvalue weighted by Crippen LogP contribution is -2.26. The van der Waals surface area contributed by atoms with Gasteiger partial charge < -0.3 is 0 Å². The molecule has 0 fully saturated rings. The van der Waals surface area contributed by atoms with E-state index in [1.165, 1.54) is 0 Å². The zero-order valence-corrected chi connectivity index (χ0v) is 11.8. The number of pyridine rings is 1. The Balaban J connectivity index is 2.43. The van der Waals surface area contributed by atoms with Gasteiger partial charge in [0.15, 0.2) is 0 Å². The molecule has 0 aromatic carbocycles. The second-order valence-electron chi connectivity index (χ2n) is 3.92. The predicted octanol–water partition coefficient (Wildman–Crippen LogP) is 1.91. The van der Waals surface area contributed by atoms with Crippen molar-refractivity contribution in [2.45, 2.75) is 20.4 Å². The first-order valence-electron chi connectivity index (χ1n) is 5.20. The molecule has 0 unspecified atom stereocenters. The summed E-state index contributed by atoms with van der Waals surface area (Å²) < 4.78 is 2.30. The van der Waals surface area contributed by atoms with E-state index in [-0.39, 0.29) is 5.56 Å². The van der Waals surface area contributed by atoms with Gasteiger partial charge >= 0.3 is 0 Å². The highest BCUT2D eigenvalue weighted by Gasteiger charge is 2.06. The molecule has 2 aromatic rings. The van der Waals surface area contributed by atoms with Crippen LogP contribution in [0.3, 0.4) is 0 Å². The van der Waals surface area contributed by atoms with Gasteiger partial charge in [-0.1, -0.05) is 6.07 Å². The topological polar surface area (TPSA) is 47.8 Å². The number of hydrogen-bond donors (Lipinski definition) is 0. The fraction of sp³-hybridized carbons (Fsp3) is 0.250. The summed E-state index contributed by atoms with van der Waals surface area (Å²) in [5.41, 5.74) is 2.10. The molecule has 88 valence electrons. The second kappa shape index (κ2) is 4.95. The van der Waals surface area contributed by atoms with Gasteiger partial charge in [0.25, 0.3) is 5.56 Å². The number of rotatable bonds is 2. The molecule has 0 radical (unpaired) electrons. The fourth-order valence-electron chi connectivity index (χ4n) is 1.62. The van der Waals surface area contributed by atoms with Crippen LogP contribution in [0.1, 0.15) is 17.0 Å². The summed E-state index contributed by atoms with van der Waals surface area (Å²) in [4.78, 5) is 20.3. The molecular weight excluding hydrogens is 329 g/mol. The van der Waals surface area contributed by atoms with Gasteiger partial charge in [0.05, 0.1) is 10.1 Å². The quantitative estimate of drug-likeness (QED) is 0.784. The van der Waals surface area contributed by atoms with Gasteiger partial charge in [-0.3, -0.25) is 14.3 Å². The summed E-state index contributed by atoms with van der Waals surface area (Å²) in [7, 11) is 0. The van der Waals surface area contributed by atoms with Gasteiger partial charge in [0.1, 0.15) is 5.82 Å². The molecular formula is C12H12IN3O. The molecule has 0 amide bonds. The number of aryl methyl sites for hydroxylation is 2. The largest absolute Gasteiger partial charge is 0.291 e. The van der Waals surface area contributed by atoms with Gasteiger partial charge in [0, 0.05) is 18.6 Å². The molecule has 0 aliphatic heterocycles. The molecule has 0 bridgehead atoms. The van der Waals surface area contributed by atoms with Crippen molar-refractivity contribution in [3.8, 4) is 0 Å². The molecule has 0 saturated heterocycles. The van der Waals surface area contributed by atoms with Crippen LogP contribution in [0.2, 0.25) is 0 Å². The van der Waals surface area contributed by atoms with Gasteiger partial charge in [-0.2, -0.15) is 0 Å². The summed E-state index contributed by atoms with van der Waals surface area (Å²) in [5, 5.41) is 0. The first kappa shape index (κ1) is 12.2. The van der Waals surface area contributed by atoms with Gasteiger partial charge in [0.2, 0.25) is 0 Å². The standard InChI is InChI=1S/C12H12IN3O/c1-8-3-10(5-14-4-8)7-16-9(2)15-6-11(13)12(16)17/h3-6H,7H2,1-2H3. The Hall–Kier alpha value is -1.24. The lowest BCUT2D eigenvalue weighted by molar-refractivity contribution is 0.692. The van der Waals surface area contributed by atoms with Gasteiger partial charge in [-0.15, -0.1) is 0 Å². The van der Waals surface area contributed by atoms with Crippen LogP contribution in [-0.4, -0.2) is 14.5 Å². The Kier molecular flexibility index (Phi) is 3.56. The van der Waals surface area contributed by atoms with Crippen molar-refractivity contribution in [1.29, 1.82) is 0 Å². The molecule has 2 rings (SSSR count). The van der Waals surface area contributed by atoms with Crippen molar-refractivity contribution in [3.63, 3.8) is 0 Å². The van der Waals surface area contributed by atoms with Crippen LogP contribution < -0.4 is 5.56 Å². The zero-order valence-electron chi connectivity index (χ0n) is 9.64. The third-order valence-electron chi connectivity index (χ3n) is 2.48. The number of halogens is 1. The minimum atomic E-state index is -0.000365. The first-order valence-corrected chi connectivity index (χ1v) is 6.28. The molecule has 5 heteroatoms. The van der Waals surface area contributed by atoms with E-state index in [2.05, 4.69) is 9.97 Å². The molecule has 2 heterocycles. The molecule has 4 nitrogen and oxygen atoms in total.